The molecule has 2 amide bonds. The molecule has 0 aliphatic carbocycles. The smallest absolute Gasteiger partial charge is 0.247 e. The fraction of sp³-hybridized carbons (Fsp3) is 0.200. The number of terminal acetylenes is 1. The Labute approximate surface area is 185 Å². The van der Waals surface area contributed by atoms with Crippen LogP contribution in [0.15, 0.2) is 55.1 Å². The van der Waals surface area contributed by atoms with Crippen molar-refractivity contribution in [3.05, 3.63) is 71.9 Å². The van der Waals surface area contributed by atoms with E-state index in [1.165, 1.54) is 6.08 Å². The first-order valence-corrected chi connectivity index (χ1v) is 10.3. The second-order valence-electron chi connectivity index (χ2n) is 7.67. The average Bonchev–Trinajstić information content (AvgIpc) is 3.44. The zero-order chi connectivity index (χ0) is 22.2. The van der Waals surface area contributed by atoms with Gasteiger partial charge in [-0.1, -0.05) is 36.8 Å². The molecular formula is C25H21N3O4. The van der Waals surface area contributed by atoms with Crippen molar-refractivity contribution in [3.63, 3.8) is 0 Å². The molecule has 3 aromatic rings. The third-order valence-electron chi connectivity index (χ3n) is 5.94. The number of nitrogens with one attached hydrogen (secondary N) is 2. The number of carbonyl (C=O) groups excluding carboxylic acids is 2. The molecule has 2 aliphatic heterocycles. The third-order valence-corrected chi connectivity index (χ3v) is 5.94. The topological polar surface area (TPSA) is 83.7 Å². The number of fused-ring (bicyclic) bond motifs is 4. The van der Waals surface area contributed by atoms with Gasteiger partial charge in [0.05, 0.1) is 12.6 Å². The van der Waals surface area contributed by atoms with Crippen LogP contribution in [0, 0.1) is 12.3 Å². The Kier molecular flexibility index (Phi) is 4.83. The van der Waals surface area contributed by atoms with Crippen LogP contribution in [-0.4, -0.2) is 41.1 Å². The van der Waals surface area contributed by atoms with Gasteiger partial charge in [0.15, 0.2) is 11.5 Å². The molecule has 0 unspecified atom stereocenters. The standard InChI is InChI=1S/C25H21N3O4/c1-3-11-26-25(30)19-13-17-16-7-5-6-8-18(16)27-23(17)24(28(19)22(29)4-2)15-9-10-20-21(12-15)32-14-31-20/h1,4-10,12,19,24,27H,2,11,13-14H2,(H,26,30)/t19-,24-/m1/s1. The summed E-state index contributed by atoms with van der Waals surface area (Å²) < 4.78 is 11.0. The van der Waals surface area contributed by atoms with E-state index in [1.54, 1.807) is 4.90 Å². The summed E-state index contributed by atoms with van der Waals surface area (Å²) in [6.45, 7) is 3.90. The third kappa shape index (κ3) is 3.08. The first-order valence-electron chi connectivity index (χ1n) is 10.3. The van der Waals surface area contributed by atoms with Gasteiger partial charge in [-0.05, 0) is 35.4 Å². The first-order chi connectivity index (χ1) is 15.6. The van der Waals surface area contributed by atoms with Gasteiger partial charge in [0.2, 0.25) is 18.6 Å². The highest BCUT2D eigenvalue weighted by molar-refractivity contribution is 5.96. The summed E-state index contributed by atoms with van der Waals surface area (Å²) in [6, 6.07) is 12.2. The molecule has 7 nitrogen and oxygen atoms in total. The molecule has 0 saturated carbocycles. The molecule has 2 N–H and O–H groups in total. The minimum Gasteiger partial charge on any atom is -0.454 e. The molecule has 1 aromatic heterocycles. The number of hydrogen-bond acceptors (Lipinski definition) is 4. The number of benzene rings is 2. The number of nitrogens with zero attached hydrogens (tertiary/aromatic N) is 1. The number of rotatable bonds is 4. The highest BCUT2D eigenvalue weighted by Crippen LogP contribution is 2.43. The zero-order valence-corrected chi connectivity index (χ0v) is 17.3. The van der Waals surface area contributed by atoms with E-state index in [4.69, 9.17) is 15.9 Å². The lowest BCUT2D eigenvalue weighted by molar-refractivity contribution is -0.139. The van der Waals surface area contributed by atoms with Gasteiger partial charge in [0.1, 0.15) is 6.04 Å². The maximum absolute atomic E-state index is 13.1. The second kappa shape index (κ2) is 7.82. The van der Waals surface area contributed by atoms with Crippen LogP contribution in [0.4, 0.5) is 0 Å². The predicted octanol–water partition coefficient (Wildman–Crippen LogP) is 2.67. The quantitative estimate of drug-likeness (QED) is 0.495. The molecule has 0 fully saturated rings. The monoisotopic (exact) mass is 427 g/mol. The van der Waals surface area contributed by atoms with Crippen LogP contribution in [0.1, 0.15) is 22.9 Å². The molecule has 2 aromatic carbocycles. The number of aromatic amines is 1. The number of amides is 2. The summed E-state index contributed by atoms with van der Waals surface area (Å²) in [5, 5.41) is 3.76. The summed E-state index contributed by atoms with van der Waals surface area (Å²) in [6.07, 6.45) is 6.93. The van der Waals surface area contributed by atoms with Crippen LogP contribution in [0.5, 0.6) is 11.5 Å². The van der Waals surface area contributed by atoms with E-state index in [1.807, 2.05) is 42.5 Å². The van der Waals surface area contributed by atoms with Gasteiger partial charge in [-0.25, -0.2) is 0 Å². The van der Waals surface area contributed by atoms with Crippen LogP contribution >= 0.6 is 0 Å². The van der Waals surface area contributed by atoms with Crippen molar-refractivity contribution in [1.29, 1.82) is 0 Å². The van der Waals surface area contributed by atoms with Crippen LogP contribution in [0.25, 0.3) is 10.9 Å². The average molecular weight is 427 g/mol. The normalized spacial score (nSPS) is 18.7. The molecule has 0 bridgehead atoms. The predicted molar refractivity (Wildman–Crippen MR) is 119 cm³/mol. The van der Waals surface area contributed by atoms with Gasteiger partial charge < -0.3 is 24.7 Å². The van der Waals surface area contributed by atoms with Crippen LogP contribution in [0.3, 0.4) is 0 Å². The SMILES string of the molecule is C#CCNC(=O)[C@H]1Cc2c([nH]c3ccccc23)[C@@H](c2ccc3c(c2)OCO3)N1C(=O)C=C. The second-order valence-corrected chi connectivity index (χ2v) is 7.67. The lowest BCUT2D eigenvalue weighted by Gasteiger charge is -2.41. The molecule has 0 spiro atoms. The summed E-state index contributed by atoms with van der Waals surface area (Å²) in [5.41, 5.74) is 3.60. The van der Waals surface area contributed by atoms with E-state index in [2.05, 4.69) is 22.8 Å². The van der Waals surface area contributed by atoms with Crippen LogP contribution < -0.4 is 14.8 Å². The summed E-state index contributed by atoms with van der Waals surface area (Å²) in [7, 11) is 0. The van der Waals surface area contributed by atoms with Crippen molar-refractivity contribution in [2.75, 3.05) is 13.3 Å². The molecule has 2 aliphatic rings. The number of ether oxygens (including phenoxy) is 2. The van der Waals surface area contributed by atoms with E-state index >= 15 is 0 Å². The summed E-state index contributed by atoms with van der Waals surface area (Å²) in [4.78, 5) is 31.3. The van der Waals surface area contributed by atoms with Crippen molar-refractivity contribution < 1.29 is 19.1 Å². The van der Waals surface area contributed by atoms with Gasteiger partial charge >= 0.3 is 0 Å². The number of hydrogen-bond donors (Lipinski definition) is 2. The highest BCUT2D eigenvalue weighted by Gasteiger charge is 2.43. The van der Waals surface area contributed by atoms with Gasteiger partial charge in [-0.3, -0.25) is 9.59 Å². The number of H-pyrrole nitrogens is 1. The maximum atomic E-state index is 13.1. The Morgan fingerprint density at radius 1 is 1.25 bits per heavy atom. The molecule has 2 atom stereocenters. The molecule has 7 heteroatoms. The van der Waals surface area contributed by atoms with E-state index in [0.717, 1.165) is 27.7 Å². The first kappa shape index (κ1) is 19.8. The minimum atomic E-state index is -0.754. The molecule has 32 heavy (non-hydrogen) atoms. The fourth-order valence-corrected chi connectivity index (χ4v) is 4.56. The molecule has 160 valence electrons. The Bertz CT molecular complexity index is 1290. The Morgan fingerprint density at radius 3 is 2.88 bits per heavy atom. The minimum absolute atomic E-state index is 0.0842. The van der Waals surface area contributed by atoms with E-state index in [-0.39, 0.29) is 25.2 Å². The summed E-state index contributed by atoms with van der Waals surface area (Å²) >= 11 is 0. The largest absolute Gasteiger partial charge is 0.454 e. The Morgan fingerprint density at radius 2 is 2.06 bits per heavy atom. The molecule has 3 heterocycles. The zero-order valence-electron chi connectivity index (χ0n) is 17.3. The number of aromatic nitrogens is 1. The number of carbonyl (C=O) groups is 2. The van der Waals surface area contributed by atoms with Gasteiger partial charge in [-0.2, -0.15) is 0 Å². The van der Waals surface area contributed by atoms with E-state index in [9.17, 15) is 9.59 Å². The highest BCUT2D eigenvalue weighted by atomic mass is 16.7. The Balaban J connectivity index is 1.72. The lowest BCUT2D eigenvalue weighted by atomic mass is 9.87. The molecular weight excluding hydrogens is 406 g/mol. The maximum Gasteiger partial charge on any atom is 0.247 e. The summed E-state index contributed by atoms with van der Waals surface area (Å²) in [5.74, 6) is 3.01. The van der Waals surface area contributed by atoms with Crippen molar-refractivity contribution >= 4 is 22.7 Å². The van der Waals surface area contributed by atoms with E-state index in [0.29, 0.717) is 17.9 Å². The fourth-order valence-electron chi connectivity index (χ4n) is 4.56. The van der Waals surface area contributed by atoms with Crippen LogP contribution in [0.2, 0.25) is 0 Å². The van der Waals surface area contributed by atoms with E-state index < -0.39 is 12.1 Å². The molecule has 0 saturated heterocycles. The van der Waals surface area contributed by atoms with Crippen molar-refractivity contribution in [3.8, 4) is 23.8 Å². The van der Waals surface area contributed by atoms with Gasteiger partial charge in [0, 0.05) is 23.0 Å². The molecule has 0 radical (unpaired) electrons. The van der Waals surface area contributed by atoms with Gasteiger partial charge in [-0.15, -0.1) is 6.42 Å². The van der Waals surface area contributed by atoms with Gasteiger partial charge in [0.25, 0.3) is 0 Å². The lowest BCUT2D eigenvalue weighted by Crippen LogP contribution is -2.54. The Hall–Kier alpha value is -4.18. The number of para-hydroxylation sites is 1. The van der Waals surface area contributed by atoms with Crippen LogP contribution in [-0.2, 0) is 16.0 Å². The van der Waals surface area contributed by atoms with Crippen molar-refractivity contribution in [1.82, 2.24) is 15.2 Å². The van der Waals surface area contributed by atoms with Crippen molar-refractivity contribution in [2.24, 2.45) is 0 Å². The molecule has 5 rings (SSSR count). The van der Waals surface area contributed by atoms with Crippen molar-refractivity contribution in [2.45, 2.75) is 18.5 Å².